The highest BCUT2D eigenvalue weighted by atomic mass is 19.4. The third-order valence-corrected chi connectivity index (χ3v) is 4.14. The lowest BCUT2D eigenvalue weighted by Crippen LogP contribution is -2.62. The van der Waals surface area contributed by atoms with Crippen LogP contribution < -0.4 is 0 Å². The average molecular weight is 396 g/mol. The van der Waals surface area contributed by atoms with Gasteiger partial charge in [0.1, 0.15) is 0 Å². The minimum atomic E-state index is -6.95. The summed E-state index contributed by atoms with van der Waals surface area (Å²) in [5, 5.41) is 10.1. The molecule has 1 rings (SSSR count). The van der Waals surface area contributed by atoms with Gasteiger partial charge < -0.3 is 5.11 Å². The number of alkyl halides is 9. The fraction of sp³-hybridized carbons (Fsp3) is 0.625. The highest BCUT2D eigenvalue weighted by molar-refractivity contribution is 5.15. The summed E-state index contributed by atoms with van der Waals surface area (Å²) in [5.41, 5.74) is -2.00. The molecule has 0 heterocycles. The van der Waals surface area contributed by atoms with Crippen LogP contribution in [-0.2, 0) is 6.42 Å². The van der Waals surface area contributed by atoms with E-state index in [0.717, 1.165) is 6.92 Å². The van der Waals surface area contributed by atoms with Gasteiger partial charge in [-0.25, -0.2) is 0 Å². The predicted octanol–water partition coefficient (Wildman–Crippen LogP) is 5.62. The first-order valence-electron chi connectivity index (χ1n) is 7.56. The van der Waals surface area contributed by atoms with Gasteiger partial charge >= 0.3 is 23.9 Å². The van der Waals surface area contributed by atoms with E-state index in [9.17, 15) is 44.6 Å². The largest absolute Gasteiger partial charge is 0.460 e. The fourth-order valence-electron chi connectivity index (χ4n) is 2.34. The molecular formula is C16H17F9O. The zero-order valence-corrected chi connectivity index (χ0v) is 13.6. The van der Waals surface area contributed by atoms with Gasteiger partial charge in [0, 0.05) is 6.42 Å². The fourth-order valence-corrected chi connectivity index (χ4v) is 2.34. The Labute approximate surface area is 143 Å². The van der Waals surface area contributed by atoms with Crippen molar-refractivity contribution in [1.29, 1.82) is 0 Å². The smallest absolute Gasteiger partial charge is 0.390 e. The molecule has 1 N–H and O–H groups in total. The maximum absolute atomic E-state index is 13.7. The molecule has 1 aromatic rings. The molecule has 0 amide bonds. The van der Waals surface area contributed by atoms with Crippen LogP contribution in [-0.4, -0.2) is 34.7 Å². The highest BCUT2D eigenvalue weighted by Crippen LogP contribution is 2.55. The topological polar surface area (TPSA) is 20.2 Å². The predicted molar refractivity (Wildman–Crippen MR) is 75.5 cm³/mol. The van der Waals surface area contributed by atoms with Crippen LogP contribution in [0.4, 0.5) is 39.5 Å². The molecule has 0 spiro atoms. The molecule has 0 aliphatic rings. The van der Waals surface area contributed by atoms with Crippen LogP contribution in [0.5, 0.6) is 0 Å². The Balaban J connectivity index is 3.02. The Morgan fingerprint density at radius 2 is 1.31 bits per heavy atom. The van der Waals surface area contributed by atoms with E-state index in [1.54, 1.807) is 30.3 Å². The quantitative estimate of drug-likeness (QED) is 0.566. The lowest BCUT2D eigenvalue weighted by molar-refractivity contribution is -0.400. The standard InChI is InChI=1S/C16H17F9O/c1-2-12(26,9-8-11-6-4-3-5-7-11)10-13(17,18)14(19,20)15(21,22)16(23,24)25/h3-7,26H,2,8-10H2,1H3. The molecule has 0 bridgehead atoms. The Morgan fingerprint density at radius 3 is 1.73 bits per heavy atom. The highest BCUT2D eigenvalue weighted by Gasteiger charge is 2.81. The van der Waals surface area contributed by atoms with Crippen LogP contribution in [0.25, 0.3) is 0 Å². The van der Waals surface area contributed by atoms with Crippen molar-refractivity contribution in [3.8, 4) is 0 Å². The number of hydrogen-bond donors (Lipinski definition) is 1. The van der Waals surface area contributed by atoms with Gasteiger partial charge in [-0.1, -0.05) is 37.3 Å². The second kappa shape index (κ2) is 7.28. The molecule has 10 heteroatoms. The Hall–Kier alpha value is -1.45. The summed E-state index contributed by atoms with van der Waals surface area (Å²) in [4.78, 5) is 0. The number of hydrogen-bond acceptors (Lipinski definition) is 1. The van der Waals surface area contributed by atoms with Gasteiger partial charge in [-0.2, -0.15) is 39.5 Å². The monoisotopic (exact) mass is 396 g/mol. The molecule has 0 aliphatic carbocycles. The minimum absolute atomic E-state index is 0.0531. The maximum atomic E-state index is 13.7. The van der Waals surface area contributed by atoms with Crippen molar-refractivity contribution in [3.63, 3.8) is 0 Å². The first-order chi connectivity index (χ1) is 11.6. The van der Waals surface area contributed by atoms with Gasteiger partial charge in [0.25, 0.3) is 0 Å². The van der Waals surface area contributed by atoms with E-state index in [1.165, 1.54) is 0 Å². The van der Waals surface area contributed by atoms with E-state index in [2.05, 4.69) is 0 Å². The molecular weight excluding hydrogens is 379 g/mol. The third-order valence-electron chi connectivity index (χ3n) is 4.14. The van der Waals surface area contributed by atoms with Crippen LogP contribution in [0.2, 0.25) is 0 Å². The third kappa shape index (κ3) is 4.44. The minimum Gasteiger partial charge on any atom is -0.390 e. The van der Waals surface area contributed by atoms with Crippen LogP contribution in [0.1, 0.15) is 31.7 Å². The second-order valence-electron chi connectivity index (χ2n) is 6.09. The van der Waals surface area contributed by atoms with Crippen molar-refractivity contribution in [2.45, 2.75) is 62.2 Å². The number of halogens is 9. The van der Waals surface area contributed by atoms with E-state index in [4.69, 9.17) is 0 Å². The van der Waals surface area contributed by atoms with Gasteiger partial charge in [0.2, 0.25) is 0 Å². The van der Waals surface area contributed by atoms with Crippen LogP contribution in [0.3, 0.4) is 0 Å². The van der Waals surface area contributed by atoms with E-state index >= 15 is 0 Å². The number of aliphatic hydroxyl groups is 1. The zero-order chi connectivity index (χ0) is 20.4. The summed E-state index contributed by atoms with van der Waals surface area (Å²) in [6.45, 7) is 1.14. The first kappa shape index (κ1) is 22.6. The van der Waals surface area contributed by atoms with Crippen molar-refractivity contribution < 1.29 is 44.6 Å². The number of benzene rings is 1. The Bertz CT molecular complexity index is 583. The van der Waals surface area contributed by atoms with E-state index < -0.39 is 48.8 Å². The molecule has 1 unspecified atom stereocenters. The molecule has 1 atom stereocenters. The summed E-state index contributed by atoms with van der Waals surface area (Å²) in [7, 11) is 0. The lowest BCUT2D eigenvalue weighted by atomic mass is 9.84. The van der Waals surface area contributed by atoms with Crippen LogP contribution in [0, 0.1) is 0 Å². The van der Waals surface area contributed by atoms with Gasteiger partial charge in [0.05, 0.1) is 5.60 Å². The molecule has 26 heavy (non-hydrogen) atoms. The van der Waals surface area contributed by atoms with Crippen molar-refractivity contribution in [2.24, 2.45) is 0 Å². The van der Waals surface area contributed by atoms with Crippen LogP contribution >= 0.6 is 0 Å². The van der Waals surface area contributed by atoms with Gasteiger partial charge in [0.15, 0.2) is 0 Å². The van der Waals surface area contributed by atoms with Crippen molar-refractivity contribution in [3.05, 3.63) is 35.9 Å². The number of aryl methyl sites for hydroxylation is 1. The average Bonchev–Trinajstić information content (AvgIpc) is 2.52. The van der Waals surface area contributed by atoms with Gasteiger partial charge in [-0.15, -0.1) is 0 Å². The molecule has 0 saturated heterocycles. The van der Waals surface area contributed by atoms with E-state index in [1.807, 2.05) is 0 Å². The van der Waals surface area contributed by atoms with Crippen LogP contribution in [0.15, 0.2) is 30.3 Å². The molecule has 1 aromatic carbocycles. The van der Waals surface area contributed by atoms with Crippen molar-refractivity contribution in [2.75, 3.05) is 0 Å². The Kier molecular flexibility index (Phi) is 6.33. The summed E-state index contributed by atoms with van der Waals surface area (Å²) in [6.07, 6.45) is -10.2. The van der Waals surface area contributed by atoms with E-state index in [0.29, 0.717) is 5.56 Å². The van der Waals surface area contributed by atoms with E-state index in [-0.39, 0.29) is 6.42 Å². The molecule has 0 saturated carbocycles. The van der Waals surface area contributed by atoms with Gasteiger partial charge in [-0.05, 0) is 24.8 Å². The molecule has 0 aromatic heterocycles. The maximum Gasteiger partial charge on any atom is 0.460 e. The lowest BCUT2D eigenvalue weighted by Gasteiger charge is -2.38. The molecule has 0 fully saturated rings. The molecule has 1 nitrogen and oxygen atoms in total. The summed E-state index contributed by atoms with van der Waals surface area (Å²) in [6, 6.07) is 7.94. The van der Waals surface area contributed by atoms with Crippen molar-refractivity contribution >= 4 is 0 Å². The molecule has 0 aliphatic heterocycles. The SMILES string of the molecule is CCC(O)(CCc1ccccc1)CC(F)(F)C(F)(F)C(F)(F)C(F)(F)F. The Morgan fingerprint density at radius 1 is 0.808 bits per heavy atom. The summed E-state index contributed by atoms with van der Waals surface area (Å²) >= 11 is 0. The number of rotatable bonds is 8. The zero-order valence-electron chi connectivity index (χ0n) is 13.6. The molecule has 0 radical (unpaired) electrons. The van der Waals surface area contributed by atoms with Gasteiger partial charge in [-0.3, -0.25) is 0 Å². The van der Waals surface area contributed by atoms with Crippen molar-refractivity contribution in [1.82, 2.24) is 0 Å². The summed E-state index contributed by atoms with van der Waals surface area (Å²) in [5.74, 6) is -19.4. The molecule has 150 valence electrons. The summed E-state index contributed by atoms with van der Waals surface area (Å²) < 4.78 is 116. The normalized spacial score (nSPS) is 16.4. The second-order valence-corrected chi connectivity index (χ2v) is 6.09. The first-order valence-corrected chi connectivity index (χ1v) is 7.56.